The Labute approximate surface area is 124 Å². The van der Waals surface area contributed by atoms with E-state index in [1.165, 1.54) is 0 Å². The molecule has 0 aromatic heterocycles. The molecule has 2 atom stereocenters. The molecule has 0 saturated carbocycles. The summed E-state index contributed by atoms with van der Waals surface area (Å²) in [7, 11) is 1.63. The average Bonchev–Trinajstić information content (AvgIpc) is 2.38. The number of alkyl carbamates (subject to hydrolysis) is 1. The minimum Gasteiger partial charge on any atom is -0.438 e. The maximum Gasteiger partial charge on any atom is 0.408 e. The Morgan fingerprint density at radius 1 is 1.45 bits per heavy atom. The van der Waals surface area contributed by atoms with Crippen molar-refractivity contribution >= 4 is 17.7 Å². The van der Waals surface area contributed by atoms with Crippen molar-refractivity contribution in [2.24, 2.45) is 0 Å². The van der Waals surface area contributed by atoms with E-state index >= 15 is 0 Å². The maximum atomic E-state index is 11.9. The van der Waals surface area contributed by atoms with Crippen LogP contribution in [-0.2, 0) is 15.9 Å². The number of hydrogen-bond acceptors (Lipinski definition) is 3. The molecule has 0 radical (unpaired) electrons. The molecular formula is C15H20ClNO3. The maximum absolute atomic E-state index is 11.9. The molecule has 0 saturated heterocycles. The molecule has 0 fully saturated rings. The fraction of sp³-hybridized carbons (Fsp3) is 0.533. The van der Waals surface area contributed by atoms with Crippen LogP contribution in [0.3, 0.4) is 0 Å². The van der Waals surface area contributed by atoms with Crippen LogP contribution < -0.4 is 5.32 Å². The lowest BCUT2D eigenvalue weighted by molar-refractivity contribution is -0.0335. The molecule has 0 spiro atoms. The van der Waals surface area contributed by atoms with Gasteiger partial charge in [0.1, 0.15) is 0 Å². The van der Waals surface area contributed by atoms with Crippen molar-refractivity contribution in [3.63, 3.8) is 0 Å². The van der Waals surface area contributed by atoms with Crippen molar-refractivity contribution in [2.75, 3.05) is 7.11 Å². The molecule has 0 bridgehead atoms. The van der Waals surface area contributed by atoms with Gasteiger partial charge in [-0.05, 0) is 38.3 Å². The molecule has 2 rings (SSSR count). The van der Waals surface area contributed by atoms with Crippen LogP contribution in [0.15, 0.2) is 18.2 Å². The van der Waals surface area contributed by atoms with Crippen molar-refractivity contribution < 1.29 is 14.3 Å². The summed E-state index contributed by atoms with van der Waals surface area (Å²) in [6.45, 7) is 3.77. The van der Waals surface area contributed by atoms with Crippen LogP contribution in [0.4, 0.5) is 4.79 Å². The van der Waals surface area contributed by atoms with Crippen molar-refractivity contribution in [1.29, 1.82) is 0 Å². The number of benzene rings is 1. The fourth-order valence-electron chi connectivity index (χ4n) is 2.51. The van der Waals surface area contributed by atoms with Crippen molar-refractivity contribution in [2.45, 2.75) is 44.9 Å². The number of carbonyl (C=O) groups excluding carboxylic acids is 1. The fourth-order valence-corrected chi connectivity index (χ4v) is 2.82. The first-order chi connectivity index (χ1) is 9.52. The third-order valence-corrected chi connectivity index (χ3v) is 3.74. The van der Waals surface area contributed by atoms with E-state index in [0.29, 0.717) is 5.02 Å². The monoisotopic (exact) mass is 297 g/mol. The number of hydrogen-bond donors (Lipinski definition) is 1. The summed E-state index contributed by atoms with van der Waals surface area (Å²) in [5, 5.41) is 3.34. The van der Waals surface area contributed by atoms with E-state index in [2.05, 4.69) is 5.32 Å². The number of amides is 1. The van der Waals surface area contributed by atoms with Gasteiger partial charge in [-0.2, -0.15) is 0 Å². The molecule has 5 heteroatoms. The Balaban J connectivity index is 2.26. The molecule has 110 valence electrons. The summed E-state index contributed by atoms with van der Waals surface area (Å²) in [5.74, 6) is 0. The lowest BCUT2D eigenvalue weighted by Crippen LogP contribution is -2.37. The van der Waals surface area contributed by atoms with Crippen molar-refractivity contribution in [3.05, 3.63) is 34.3 Å². The quantitative estimate of drug-likeness (QED) is 0.929. The van der Waals surface area contributed by atoms with Gasteiger partial charge in [0.2, 0.25) is 0 Å². The molecule has 20 heavy (non-hydrogen) atoms. The van der Waals surface area contributed by atoms with Gasteiger partial charge in [-0.25, -0.2) is 4.79 Å². The number of halogens is 1. The SMILES string of the molecule is COC1CCc2cccc(Cl)c2C1OC(=O)NC(C)C. The van der Waals surface area contributed by atoms with Crippen LogP contribution in [0, 0.1) is 0 Å². The number of methoxy groups -OCH3 is 1. The van der Waals surface area contributed by atoms with E-state index in [0.717, 1.165) is 24.0 Å². The Hall–Kier alpha value is -1.26. The molecule has 1 amide bonds. The molecule has 1 aliphatic carbocycles. The zero-order valence-corrected chi connectivity index (χ0v) is 12.7. The first-order valence-electron chi connectivity index (χ1n) is 6.80. The molecule has 0 aliphatic heterocycles. The number of carbonyl (C=O) groups is 1. The predicted octanol–water partition coefficient (Wildman–Crippen LogP) is 3.48. The first-order valence-corrected chi connectivity index (χ1v) is 7.18. The van der Waals surface area contributed by atoms with Gasteiger partial charge in [-0.1, -0.05) is 23.7 Å². The van der Waals surface area contributed by atoms with E-state index in [-0.39, 0.29) is 12.1 Å². The standard InChI is InChI=1S/C15H20ClNO3/c1-9(2)17-15(18)20-14-12(19-3)8-7-10-5-4-6-11(16)13(10)14/h4-6,9,12,14H,7-8H2,1-3H3,(H,17,18). The van der Waals surface area contributed by atoms with Crippen LogP contribution in [-0.4, -0.2) is 25.3 Å². The number of nitrogens with one attached hydrogen (secondary N) is 1. The van der Waals surface area contributed by atoms with Gasteiger partial charge < -0.3 is 14.8 Å². The lowest BCUT2D eigenvalue weighted by atomic mass is 9.87. The Morgan fingerprint density at radius 3 is 2.85 bits per heavy atom. The zero-order valence-electron chi connectivity index (χ0n) is 12.0. The van der Waals surface area contributed by atoms with Crippen LogP contribution in [0.25, 0.3) is 0 Å². The highest BCUT2D eigenvalue weighted by Gasteiger charge is 2.34. The van der Waals surface area contributed by atoms with E-state index in [1.54, 1.807) is 7.11 Å². The highest BCUT2D eigenvalue weighted by molar-refractivity contribution is 6.31. The second-order valence-corrected chi connectivity index (χ2v) is 5.66. The highest BCUT2D eigenvalue weighted by atomic mass is 35.5. The molecule has 2 unspecified atom stereocenters. The summed E-state index contributed by atoms with van der Waals surface area (Å²) >= 11 is 6.28. The molecule has 1 aliphatic rings. The van der Waals surface area contributed by atoms with Gasteiger partial charge >= 0.3 is 6.09 Å². The second kappa shape index (κ2) is 6.46. The smallest absolute Gasteiger partial charge is 0.408 e. The van der Waals surface area contributed by atoms with Crippen LogP contribution in [0.5, 0.6) is 0 Å². The highest BCUT2D eigenvalue weighted by Crippen LogP contribution is 2.38. The number of fused-ring (bicyclic) bond motifs is 1. The van der Waals surface area contributed by atoms with E-state index in [9.17, 15) is 4.79 Å². The molecule has 4 nitrogen and oxygen atoms in total. The summed E-state index contributed by atoms with van der Waals surface area (Å²) in [6, 6.07) is 5.77. The number of aryl methyl sites for hydroxylation is 1. The van der Waals surface area contributed by atoms with Gasteiger partial charge in [-0.15, -0.1) is 0 Å². The van der Waals surface area contributed by atoms with Gasteiger partial charge in [0.15, 0.2) is 6.10 Å². The van der Waals surface area contributed by atoms with Crippen LogP contribution in [0.1, 0.15) is 37.5 Å². The predicted molar refractivity (Wildman–Crippen MR) is 78.1 cm³/mol. The first kappa shape index (κ1) is 15.1. The Bertz CT molecular complexity index is 490. The molecule has 0 heterocycles. The van der Waals surface area contributed by atoms with Gasteiger partial charge in [0.05, 0.1) is 6.10 Å². The van der Waals surface area contributed by atoms with E-state index in [1.807, 2.05) is 32.0 Å². The third kappa shape index (κ3) is 3.25. The normalized spacial score (nSPS) is 21.4. The van der Waals surface area contributed by atoms with Gasteiger partial charge in [-0.3, -0.25) is 0 Å². The minimum absolute atomic E-state index is 0.0257. The topological polar surface area (TPSA) is 47.6 Å². The average molecular weight is 298 g/mol. The minimum atomic E-state index is -0.462. The Morgan fingerprint density at radius 2 is 2.20 bits per heavy atom. The molecule has 1 aromatic carbocycles. The summed E-state index contributed by atoms with van der Waals surface area (Å²) in [6.07, 6.45) is 0.611. The summed E-state index contributed by atoms with van der Waals surface area (Å²) < 4.78 is 11.0. The van der Waals surface area contributed by atoms with Crippen LogP contribution >= 0.6 is 11.6 Å². The Kier molecular flexibility index (Phi) is 4.89. The van der Waals surface area contributed by atoms with Gasteiger partial charge in [0.25, 0.3) is 0 Å². The lowest BCUT2D eigenvalue weighted by Gasteiger charge is -2.33. The number of rotatable bonds is 3. The molecular weight excluding hydrogens is 278 g/mol. The van der Waals surface area contributed by atoms with Crippen molar-refractivity contribution in [3.8, 4) is 0 Å². The summed E-state index contributed by atoms with van der Waals surface area (Å²) in [5.41, 5.74) is 1.99. The number of ether oxygens (including phenoxy) is 2. The second-order valence-electron chi connectivity index (χ2n) is 5.25. The van der Waals surface area contributed by atoms with Gasteiger partial charge in [0, 0.05) is 23.7 Å². The third-order valence-electron chi connectivity index (χ3n) is 3.41. The van der Waals surface area contributed by atoms with Crippen molar-refractivity contribution in [1.82, 2.24) is 5.32 Å². The molecule has 1 N–H and O–H groups in total. The van der Waals surface area contributed by atoms with E-state index in [4.69, 9.17) is 21.1 Å². The largest absolute Gasteiger partial charge is 0.438 e. The van der Waals surface area contributed by atoms with E-state index < -0.39 is 12.2 Å². The van der Waals surface area contributed by atoms with Crippen LogP contribution in [0.2, 0.25) is 5.02 Å². The summed E-state index contributed by atoms with van der Waals surface area (Å²) in [4.78, 5) is 11.9. The zero-order chi connectivity index (χ0) is 14.7. The molecule has 1 aromatic rings.